The monoisotopic (exact) mass is 284 g/mol. The lowest BCUT2D eigenvalue weighted by Gasteiger charge is -2.34. The van der Waals surface area contributed by atoms with Gasteiger partial charge in [-0.1, -0.05) is 36.2 Å². The fraction of sp³-hybridized carbons (Fsp3) is 0.467. The Morgan fingerprint density at radius 3 is 2.50 bits per heavy atom. The van der Waals surface area contributed by atoms with Gasteiger partial charge in [0, 0.05) is 17.5 Å². The van der Waals surface area contributed by atoms with Crippen molar-refractivity contribution in [1.82, 2.24) is 0 Å². The molecule has 98 valence electrons. The topological polar surface area (TPSA) is 20.2 Å². The number of rotatable bonds is 3. The first-order valence-electron chi connectivity index (χ1n) is 6.22. The van der Waals surface area contributed by atoms with Crippen LogP contribution in [0.3, 0.4) is 0 Å². The number of aliphatic hydroxyl groups is 1. The standard InChI is InChI=1S/C15H18Cl2O/c1-15(10-18)7-6-14(12(8-15)9-16)11-2-4-13(17)5-3-11/h2-5,18H,6-10H2,1H3/t15-/m1/s1. The third-order valence-electron chi connectivity index (χ3n) is 3.78. The van der Waals surface area contributed by atoms with Crippen molar-refractivity contribution in [2.45, 2.75) is 26.2 Å². The van der Waals surface area contributed by atoms with Crippen molar-refractivity contribution < 1.29 is 5.11 Å². The molecular formula is C15H18Cl2O. The molecule has 1 aromatic carbocycles. The molecule has 0 saturated carbocycles. The van der Waals surface area contributed by atoms with Gasteiger partial charge in [-0.15, -0.1) is 11.6 Å². The average Bonchev–Trinajstić information content (AvgIpc) is 2.40. The molecule has 0 radical (unpaired) electrons. The average molecular weight is 285 g/mol. The summed E-state index contributed by atoms with van der Waals surface area (Å²) in [7, 11) is 0. The van der Waals surface area contributed by atoms with E-state index in [4.69, 9.17) is 23.2 Å². The van der Waals surface area contributed by atoms with Gasteiger partial charge in [-0.3, -0.25) is 0 Å². The molecule has 1 N–H and O–H groups in total. The summed E-state index contributed by atoms with van der Waals surface area (Å²) in [6, 6.07) is 7.92. The molecule has 0 spiro atoms. The summed E-state index contributed by atoms with van der Waals surface area (Å²) in [4.78, 5) is 0. The SMILES string of the molecule is C[C@@]1(CO)CCC(c2ccc(Cl)cc2)=C(CCl)C1. The molecule has 2 rings (SSSR count). The summed E-state index contributed by atoms with van der Waals surface area (Å²) in [6.07, 6.45) is 2.85. The molecule has 0 aliphatic heterocycles. The first-order chi connectivity index (χ1) is 8.58. The Kier molecular flexibility index (Phi) is 4.37. The largest absolute Gasteiger partial charge is 0.396 e. The van der Waals surface area contributed by atoms with E-state index in [0.29, 0.717) is 5.88 Å². The first-order valence-corrected chi connectivity index (χ1v) is 7.13. The van der Waals surface area contributed by atoms with Gasteiger partial charge in [0.2, 0.25) is 0 Å². The van der Waals surface area contributed by atoms with Crippen molar-refractivity contribution in [2.24, 2.45) is 5.41 Å². The third kappa shape index (κ3) is 2.90. The smallest absolute Gasteiger partial charge is 0.0487 e. The second kappa shape index (κ2) is 5.64. The van der Waals surface area contributed by atoms with E-state index in [1.165, 1.54) is 16.7 Å². The summed E-state index contributed by atoms with van der Waals surface area (Å²) in [5.74, 6) is 0.535. The van der Waals surface area contributed by atoms with Crippen LogP contribution in [0.4, 0.5) is 0 Å². The maximum atomic E-state index is 9.47. The van der Waals surface area contributed by atoms with E-state index in [2.05, 4.69) is 6.92 Å². The van der Waals surface area contributed by atoms with Crippen molar-refractivity contribution in [2.75, 3.05) is 12.5 Å². The minimum absolute atomic E-state index is 0.0137. The van der Waals surface area contributed by atoms with E-state index < -0.39 is 0 Å². The van der Waals surface area contributed by atoms with Gasteiger partial charge in [-0.2, -0.15) is 0 Å². The van der Waals surface area contributed by atoms with Gasteiger partial charge in [0.15, 0.2) is 0 Å². The number of alkyl halides is 1. The van der Waals surface area contributed by atoms with E-state index in [1.807, 2.05) is 24.3 Å². The predicted octanol–water partition coefficient (Wildman–Crippen LogP) is 4.51. The van der Waals surface area contributed by atoms with Gasteiger partial charge in [0.05, 0.1) is 0 Å². The molecule has 0 unspecified atom stereocenters. The zero-order valence-corrected chi connectivity index (χ0v) is 12.1. The molecule has 0 bridgehead atoms. The van der Waals surface area contributed by atoms with Crippen LogP contribution in [-0.2, 0) is 0 Å². The van der Waals surface area contributed by atoms with Crippen LogP contribution in [0, 0.1) is 5.41 Å². The quantitative estimate of drug-likeness (QED) is 0.810. The maximum absolute atomic E-state index is 9.47. The Hall–Kier alpha value is -0.500. The molecule has 1 atom stereocenters. The highest BCUT2D eigenvalue weighted by molar-refractivity contribution is 6.30. The highest BCUT2D eigenvalue weighted by Crippen LogP contribution is 2.42. The van der Waals surface area contributed by atoms with E-state index in [0.717, 1.165) is 24.3 Å². The molecule has 1 nitrogen and oxygen atoms in total. The summed E-state index contributed by atoms with van der Waals surface area (Å²) in [5.41, 5.74) is 3.77. The lowest BCUT2D eigenvalue weighted by molar-refractivity contribution is 0.130. The summed E-state index contributed by atoms with van der Waals surface area (Å²) < 4.78 is 0. The molecule has 1 aromatic rings. The molecule has 0 heterocycles. The lowest BCUT2D eigenvalue weighted by Crippen LogP contribution is -2.26. The molecule has 1 aliphatic rings. The second-order valence-electron chi connectivity index (χ2n) is 5.37. The number of benzene rings is 1. The Labute approximate surface area is 118 Å². The molecule has 0 amide bonds. The van der Waals surface area contributed by atoms with Gasteiger partial charge < -0.3 is 5.11 Å². The van der Waals surface area contributed by atoms with Crippen LogP contribution in [0.1, 0.15) is 31.7 Å². The molecule has 0 aromatic heterocycles. The Bertz CT molecular complexity index is 450. The van der Waals surface area contributed by atoms with Crippen molar-refractivity contribution in [3.05, 3.63) is 40.4 Å². The van der Waals surface area contributed by atoms with Crippen LogP contribution in [-0.4, -0.2) is 17.6 Å². The third-order valence-corrected chi connectivity index (χ3v) is 4.36. The lowest BCUT2D eigenvalue weighted by atomic mass is 9.72. The number of aliphatic hydroxyl groups excluding tert-OH is 1. The van der Waals surface area contributed by atoms with Crippen LogP contribution in [0.5, 0.6) is 0 Å². The Morgan fingerprint density at radius 2 is 1.94 bits per heavy atom. The molecular weight excluding hydrogens is 267 g/mol. The number of allylic oxidation sites excluding steroid dienone is 2. The molecule has 0 saturated heterocycles. The highest BCUT2D eigenvalue weighted by atomic mass is 35.5. The van der Waals surface area contributed by atoms with Crippen molar-refractivity contribution >= 4 is 28.8 Å². The van der Waals surface area contributed by atoms with Crippen molar-refractivity contribution in [3.8, 4) is 0 Å². The van der Waals surface area contributed by atoms with Crippen molar-refractivity contribution in [1.29, 1.82) is 0 Å². The molecule has 1 aliphatic carbocycles. The van der Waals surface area contributed by atoms with Gasteiger partial charge in [0.1, 0.15) is 0 Å². The van der Waals surface area contributed by atoms with Crippen LogP contribution in [0.2, 0.25) is 5.02 Å². The van der Waals surface area contributed by atoms with Gasteiger partial charge in [-0.25, -0.2) is 0 Å². The van der Waals surface area contributed by atoms with Gasteiger partial charge in [-0.05, 0) is 47.9 Å². The molecule has 18 heavy (non-hydrogen) atoms. The van der Waals surface area contributed by atoms with Crippen LogP contribution in [0.25, 0.3) is 5.57 Å². The number of halogens is 2. The van der Waals surface area contributed by atoms with Crippen molar-refractivity contribution in [3.63, 3.8) is 0 Å². The predicted molar refractivity (Wildman–Crippen MR) is 78.1 cm³/mol. The summed E-state index contributed by atoms with van der Waals surface area (Å²) >= 11 is 12.0. The zero-order valence-electron chi connectivity index (χ0n) is 10.5. The van der Waals surface area contributed by atoms with E-state index in [1.54, 1.807) is 0 Å². The normalized spacial score (nSPS) is 24.4. The number of hydrogen-bond acceptors (Lipinski definition) is 1. The summed E-state index contributed by atoms with van der Waals surface area (Å²) in [6.45, 7) is 2.35. The maximum Gasteiger partial charge on any atom is 0.0487 e. The Balaban J connectivity index is 2.33. The van der Waals surface area contributed by atoms with Crippen LogP contribution < -0.4 is 0 Å². The minimum atomic E-state index is -0.0137. The van der Waals surface area contributed by atoms with Gasteiger partial charge >= 0.3 is 0 Å². The fourth-order valence-corrected chi connectivity index (χ4v) is 2.96. The van der Waals surface area contributed by atoms with E-state index >= 15 is 0 Å². The van der Waals surface area contributed by atoms with E-state index in [9.17, 15) is 5.11 Å². The minimum Gasteiger partial charge on any atom is -0.396 e. The first kappa shape index (κ1) is 13.9. The zero-order chi connectivity index (χ0) is 13.2. The van der Waals surface area contributed by atoms with Crippen LogP contribution >= 0.6 is 23.2 Å². The molecule has 3 heteroatoms. The summed E-state index contributed by atoms with van der Waals surface area (Å²) in [5, 5.41) is 10.2. The van der Waals surface area contributed by atoms with Crippen LogP contribution in [0.15, 0.2) is 29.8 Å². The highest BCUT2D eigenvalue weighted by Gasteiger charge is 2.30. The molecule has 0 fully saturated rings. The number of hydrogen-bond donors (Lipinski definition) is 1. The van der Waals surface area contributed by atoms with E-state index in [-0.39, 0.29) is 12.0 Å². The fourth-order valence-electron chi connectivity index (χ4n) is 2.58. The van der Waals surface area contributed by atoms with Gasteiger partial charge in [0.25, 0.3) is 0 Å². The second-order valence-corrected chi connectivity index (χ2v) is 6.07. The Morgan fingerprint density at radius 1 is 1.28 bits per heavy atom.